The number of nitrogens with one attached hydrogen (secondary N) is 1. The highest BCUT2D eigenvalue weighted by atomic mass is 32.2. The van der Waals surface area contributed by atoms with E-state index in [2.05, 4.69) is 28.5 Å². The fourth-order valence-electron chi connectivity index (χ4n) is 4.15. The molecule has 0 atom stereocenters. The summed E-state index contributed by atoms with van der Waals surface area (Å²) in [5, 5.41) is 10.7. The van der Waals surface area contributed by atoms with Crippen LogP contribution in [-0.4, -0.2) is 44.6 Å². The van der Waals surface area contributed by atoms with Gasteiger partial charge in [-0.1, -0.05) is 13.8 Å². The molecule has 1 saturated heterocycles. The molecule has 0 radical (unpaired) electrons. The lowest BCUT2D eigenvalue weighted by molar-refractivity contribution is -0.0311. The van der Waals surface area contributed by atoms with Gasteiger partial charge in [-0.15, -0.1) is 0 Å². The Hall–Kier alpha value is -2.71. The van der Waals surface area contributed by atoms with Crippen LogP contribution in [0.4, 0.5) is 10.1 Å². The van der Waals surface area contributed by atoms with Crippen LogP contribution in [0.15, 0.2) is 53.7 Å². The van der Waals surface area contributed by atoms with Crippen LogP contribution in [0.2, 0.25) is 0 Å². The summed E-state index contributed by atoms with van der Waals surface area (Å²) < 4.78 is 17.1. The van der Waals surface area contributed by atoms with Crippen LogP contribution in [0.25, 0.3) is 11.0 Å². The highest BCUT2D eigenvalue weighted by molar-refractivity contribution is 8.00. The molecule has 32 heavy (non-hydrogen) atoms. The summed E-state index contributed by atoms with van der Waals surface area (Å²) in [4.78, 5) is 23.7. The predicted molar refractivity (Wildman–Crippen MR) is 125 cm³/mol. The molecular formula is C24H27FN4O2S. The second-order valence-electron chi connectivity index (χ2n) is 8.70. The van der Waals surface area contributed by atoms with Crippen molar-refractivity contribution in [2.75, 3.05) is 17.8 Å². The highest BCUT2D eigenvalue weighted by Gasteiger charge is 2.34. The van der Waals surface area contributed by atoms with Gasteiger partial charge in [-0.25, -0.2) is 9.37 Å². The number of carbonyl (C=O) groups excluding carboxylic acids is 1. The largest absolute Gasteiger partial charge is 0.390 e. The van der Waals surface area contributed by atoms with Gasteiger partial charge in [0.2, 0.25) is 0 Å². The number of fused-ring (bicyclic) bond motifs is 1. The van der Waals surface area contributed by atoms with E-state index in [1.54, 1.807) is 18.2 Å². The Labute approximate surface area is 191 Å². The van der Waals surface area contributed by atoms with E-state index < -0.39 is 11.4 Å². The van der Waals surface area contributed by atoms with Crippen LogP contribution in [0.1, 0.15) is 43.5 Å². The molecule has 4 rings (SSSR count). The number of amides is 1. The number of hydrogen-bond acceptors (Lipinski definition) is 6. The number of nitrogens with zero attached hydrogens (tertiary/aromatic N) is 3. The Kier molecular flexibility index (Phi) is 6.62. The maximum atomic E-state index is 13.9. The molecule has 8 heteroatoms. The first-order valence-electron chi connectivity index (χ1n) is 10.8. The van der Waals surface area contributed by atoms with E-state index in [0.29, 0.717) is 42.9 Å². The van der Waals surface area contributed by atoms with Gasteiger partial charge in [0.1, 0.15) is 11.0 Å². The van der Waals surface area contributed by atoms with Crippen molar-refractivity contribution in [1.82, 2.24) is 14.9 Å². The van der Waals surface area contributed by atoms with Crippen LogP contribution < -0.4 is 4.72 Å². The quantitative estimate of drug-likeness (QED) is 0.516. The standard InChI is InChI=1S/C24H27FN4O2S/c1-16(2)15-24(31)9-13-29(14-10-24)23(30)17-3-5-18(6-4-17)28-32-20-8-7-19(25)21-22(20)27-12-11-26-21/h3-8,11-12,16,28,31H,9-10,13-15H2,1-2H3. The molecule has 0 spiro atoms. The zero-order valence-electron chi connectivity index (χ0n) is 18.2. The lowest BCUT2D eigenvalue weighted by Gasteiger charge is -2.39. The minimum Gasteiger partial charge on any atom is -0.390 e. The number of rotatable bonds is 6. The number of carbonyl (C=O) groups is 1. The molecule has 168 valence electrons. The first-order valence-corrected chi connectivity index (χ1v) is 11.6. The van der Waals surface area contributed by atoms with E-state index in [0.717, 1.165) is 17.0 Å². The first kappa shape index (κ1) is 22.5. The Morgan fingerprint density at radius 1 is 1.12 bits per heavy atom. The average Bonchev–Trinajstić information content (AvgIpc) is 2.78. The van der Waals surface area contributed by atoms with E-state index in [1.165, 1.54) is 30.4 Å². The van der Waals surface area contributed by atoms with Gasteiger partial charge in [-0.3, -0.25) is 9.78 Å². The Balaban J connectivity index is 1.37. The second kappa shape index (κ2) is 9.42. The number of aliphatic hydroxyl groups is 1. The summed E-state index contributed by atoms with van der Waals surface area (Å²) in [6.45, 7) is 5.35. The molecule has 1 aliphatic heterocycles. The third-order valence-corrected chi connectivity index (χ3v) is 6.61. The third-order valence-electron chi connectivity index (χ3n) is 5.72. The average molecular weight is 455 g/mol. The summed E-state index contributed by atoms with van der Waals surface area (Å²) in [5.74, 6) is 0.0105. The topological polar surface area (TPSA) is 78.4 Å². The summed E-state index contributed by atoms with van der Waals surface area (Å²) >= 11 is 1.32. The first-order chi connectivity index (χ1) is 15.3. The summed E-state index contributed by atoms with van der Waals surface area (Å²) in [6.07, 6.45) is 5.00. The minimum atomic E-state index is -0.662. The smallest absolute Gasteiger partial charge is 0.253 e. The van der Waals surface area contributed by atoms with Crippen molar-refractivity contribution in [2.24, 2.45) is 5.92 Å². The summed E-state index contributed by atoms with van der Waals surface area (Å²) in [5.41, 5.74) is 1.51. The molecule has 2 heterocycles. The van der Waals surface area contributed by atoms with Crippen molar-refractivity contribution in [3.8, 4) is 0 Å². The van der Waals surface area contributed by atoms with Crippen molar-refractivity contribution < 1.29 is 14.3 Å². The number of piperidine rings is 1. The molecule has 3 aromatic rings. The molecule has 1 fully saturated rings. The van der Waals surface area contributed by atoms with Crippen LogP contribution in [-0.2, 0) is 0 Å². The summed E-state index contributed by atoms with van der Waals surface area (Å²) in [7, 11) is 0. The fraction of sp³-hybridized carbons (Fsp3) is 0.375. The molecular weight excluding hydrogens is 427 g/mol. The van der Waals surface area contributed by atoms with Crippen molar-refractivity contribution in [3.05, 3.63) is 60.2 Å². The van der Waals surface area contributed by atoms with Gasteiger partial charge in [-0.2, -0.15) is 0 Å². The van der Waals surface area contributed by atoms with E-state index in [9.17, 15) is 14.3 Å². The van der Waals surface area contributed by atoms with E-state index in [1.807, 2.05) is 17.0 Å². The maximum Gasteiger partial charge on any atom is 0.253 e. The number of anilines is 1. The van der Waals surface area contributed by atoms with Gasteiger partial charge in [-0.05, 0) is 73.5 Å². The van der Waals surface area contributed by atoms with Gasteiger partial charge in [0.25, 0.3) is 5.91 Å². The van der Waals surface area contributed by atoms with Gasteiger partial charge in [0.15, 0.2) is 5.82 Å². The van der Waals surface area contributed by atoms with Crippen LogP contribution in [0, 0.1) is 11.7 Å². The molecule has 2 N–H and O–H groups in total. The molecule has 1 amide bonds. The monoisotopic (exact) mass is 454 g/mol. The molecule has 6 nitrogen and oxygen atoms in total. The Bertz CT molecular complexity index is 1100. The van der Waals surface area contributed by atoms with Crippen molar-refractivity contribution in [2.45, 2.75) is 43.6 Å². The third kappa shape index (κ3) is 5.02. The molecule has 1 aliphatic rings. The number of likely N-dealkylation sites (tertiary alicyclic amines) is 1. The van der Waals surface area contributed by atoms with Crippen molar-refractivity contribution in [1.29, 1.82) is 0 Å². The van der Waals surface area contributed by atoms with Gasteiger partial charge in [0, 0.05) is 36.7 Å². The zero-order valence-corrected chi connectivity index (χ0v) is 19.0. The van der Waals surface area contributed by atoms with Gasteiger partial charge < -0.3 is 14.7 Å². The lowest BCUT2D eigenvalue weighted by Crippen LogP contribution is -2.47. The molecule has 0 unspecified atom stereocenters. The highest BCUT2D eigenvalue weighted by Crippen LogP contribution is 2.30. The predicted octanol–water partition coefficient (Wildman–Crippen LogP) is 4.90. The Morgan fingerprint density at radius 3 is 2.44 bits per heavy atom. The molecule has 0 aliphatic carbocycles. The fourth-order valence-corrected chi connectivity index (χ4v) is 4.90. The molecule has 0 bridgehead atoms. The van der Waals surface area contributed by atoms with Crippen LogP contribution >= 0.6 is 11.9 Å². The van der Waals surface area contributed by atoms with Crippen LogP contribution in [0.5, 0.6) is 0 Å². The molecule has 2 aromatic carbocycles. The van der Waals surface area contributed by atoms with Crippen molar-refractivity contribution in [3.63, 3.8) is 0 Å². The maximum absolute atomic E-state index is 13.9. The number of halogens is 1. The number of aromatic nitrogens is 2. The van der Waals surface area contributed by atoms with E-state index in [-0.39, 0.29) is 11.4 Å². The Morgan fingerprint density at radius 2 is 1.78 bits per heavy atom. The number of benzene rings is 2. The minimum absolute atomic E-state index is 0.0180. The van der Waals surface area contributed by atoms with Crippen molar-refractivity contribution >= 4 is 34.6 Å². The van der Waals surface area contributed by atoms with Gasteiger partial charge >= 0.3 is 0 Å². The van der Waals surface area contributed by atoms with Gasteiger partial charge in [0.05, 0.1) is 10.5 Å². The normalized spacial score (nSPS) is 15.8. The second-order valence-corrected chi connectivity index (χ2v) is 9.54. The van der Waals surface area contributed by atoms with Crippen LogP contribution in [0.3, 0.4) is 0 Å². The molecule has 0 saturated carbocycles. The zero-order chi connectivity index (χ0) is 22.7. The van der Waals surface area contributed by atoms with E-state index >= 15 is 0 Å². The molecule has 1 aromatic heterocycles. The van der Waals surface area contributed by atoms with E-state index in [4.69, 9.17) is 0 Å². The SMILES string of the molecule is CC(C)CC1(O)CCN(C(=O)c2ccc(NSc3ccc(F)c4nccnc34)cc2)CC1. The summed E-state index contributed by atoms with van der Waals surface area (Å²) in [6, 6.07) is 10.3. The number of hydrogen-bond donors (Lipinski definition) is 2. The lowest BCUT2D eigenvalue weighted by atomic mass is 9.84.